The van der Waals surface area contributed by atoms with E-state index in [0.29, 0.717) is 4.96 Å². The molecular weight excluding hydrogens is 266 g/mol. The minimum Gasteiger partial charge on any atom is -0.358 e. The van der Waals surface area contributed by atoms with Gasteiger partial charge in [-0.1, -0.05) is 11.3 Å². The van der Waals surface area contributed by atoms with Crippen LogP contribution in [0, 0.1) is 24.0 Å². The van der Waals surface area contributed by atoms with Crippen LogP contribution in [0.15, 0.2) is 23.7 Å². The number of imidazole rings is 1. The van der Waals surface area contributed by atoms with Gasteiger partial charge in [0.15, 0.2) is 0 Å². The molecule has 0 aliphatic rings. The van der Waals surface area contributed by atoms with Crippen molar-refractivity contribution in [2.45, 2.75) is 13.8 Å². The molecule has 0 aromatic carbocycles. The fraction of sp³-hybridized carbons (Fsp3) is 0.182. The minimum atomic E-state index is -0.427. The highest BCUT2D eigenvalue weighted by Crippen LogP contribution is 2.28. The number of rotatable bonds is 3. The fourth-order valence-corrected chi connectivity index (χ4v) is 2.68. The van der Waals surface area contributed by atoms with Crippen LogP contribution >= 0.6 is 11.3 Å². The van der Waals surface area contributed by atoms with Gasteiger partial charge in [-0.2, -0.15) is 9.38 Å². The Balaban J connectivity index is 2.12. The van der Waals surface area contributed by atoms with E-state index in [4.69, 9.17) is 0 Å². The van der Waals surface area contributed by atoms with Gasteiger partial charge in [-0.25, -0.2) is 0 Å². The van der Waals surface area contributed by atoms with Crippen LogP contribution in [0.4, 0.5) is 11.6 Å². The topological polar surface area (TPSA) is 77.4 Å². The number of aromatic nitrogens is 3. The first kappa shape index (κ1) is 11.7. The van der Waals surface area contributed by atoms with Gasteiger partial charge in [-0.3, -0.25) is 10.1 Å². The predicted octanol–water partition coefficient (Wildman–Crippen LogP) is 2.60. The van der Waals surface area contributed by atoms with E-state index in [-0.39, 0.29) is 11.6 Å². The number of hydrogen-bond acceptors (Lipinski definition) is 5. The average molecular weight is 277 g/mol. The number of fused-ring (bicyclic) bond motifs is 1. The van der Waals surface area contributed by atoms with E-state index in [9.17, 15) is 10.1 Å². The van der Waals surface area contributed by atoms with Crippen molar-refractivity contribution in [1.82, 2.24) is 14.1 Å². The van der Waals surface area contributed by atoms with Crippen LogP contribution in [-0.2, 0) is 0 Å². The standard InChI is InChI=1S/C11H11N5O2S/c1-7-3-4-8(2)15(7)13-9-10(16(17)18)14-5-6-19-11(14)12-9/h3-6,13H,1-2H3. The Morgan fingerprint density at radius 2 is 2.05 bits per heavy atom. The molecule has 0 saturated heterocycles. The maximum absolute atomic E-state index is 11.2. The maximum Gasteiger partial charge on any atom is 0.374 e. The summed E-state index contributed by atoms with van der Waals surface area (Å²) in [5.41, 5.74) is 4.92. The van der Waals surface area contributed by atoms with E-state index in [2.05, 4.69) is 10.4 Å². The van der Waals surface area contributed by atoms with Crippen molar-refractivity contribution in [2.75, 3.05) is 5.43 Å². The first-order valence-electron chi connectivity index (χ1n) is 5.60. The molecule has 0 radical (unpaired) electrons. The van der Waals surface area contributed by atoms with Crippen LogP contribution in [0.1, 0.15) is 11.4 Å². The lowest BCUT2D eigenvalue weighted by molar-refractivity contribution is -0.389. The number of nitrogens with zero attached hydrogens (tertiary/aromatic N) is 4. The summed E-state index contributed by atoms with van der Waals surface area (Å²) in [7, 11) is 0. The van der Waals surface area contributed by atoms with E-state index in [0.717, 1.165) is 11.4 Å². The van der Waals surface area contributed by atoms with Crippen LogP contribution in [0.3, 0.4) is 0 Å². The Morgan fingerprint density at radius 1 is 1.37 bits per heavy atom. The first-order chi connectivity index (χ1) is 9.08. The van der Waals surface area contributed by atoms with Gasteiger partial charge in [-0.05, 0) is 30.9 Å². The summed E-state index contributed by atoms with van der Waals surface area (Å²) in [6.45, 7) is 3.84. The number of thiazole rings is 1. The highest BCUT2D eigenvalue weighted by molar-refractivity contribution is 7.15. The number of nitro groups is 1. The third-order valence-corrected chi connectivity index (χ3v) is 3.66. The highest BCUT2D eigenvalue weighted by atomic mass is 32.1. The fourth-order valence-electron chi connectivity index (χ4n) is 1.97. The highest BCUT2D eigenvalue weighted by Gasteiger charge is 2.24. The summed E-state index contributed by atoms with van der Waals surface area (Å²) < 4.78 is 3.25. The van der Waals surface area contributed by atoms with Gasteiger partial charge in [-0.15, -0.1) is 0 Å². The number of hydrogen-bond donors (Lipinski definition) is 1. The van der Waals surface area contributed by atoms with E-state index in [1.165, 1.54) is 15.7 Å². The third-order valence-electron chi connectivity index (χ3n) is 2.90. The minimum absolute atomic E-state index is 0.0521. The van der Waals surface area contributed by atoms with Crippen LogP contribution in [0.5, 0.6) is 0 Å². The second kappa shape index (κ2) is 4.09. The van der Waals surface area contributed by atoms with Crippen molar-refractivity contribution in [3.8, 4) is 0 Å². The Kier molecular flexibility index (Phi) is 2.53. The summed E-state index contributed by atoms with van der Waals surface area (Å²) in [6.07, 6.45) is 1.64. The molecule has 0 bridgehead atoms. The van der Waals surface area contributed by atoms with Gasteiger partial charge in [0.2, 0.25) is 5.82 Å². The molecule has 3 aromatic rings. The van der Waals surface area contributed by atoms with Gasteiger partial charge in [0.05, 0.1) is 0 Å². The molecule has 1 N–H and O–H groups in total. The summed E-state index contributed by atoms with van der Waals surface area (Å²) in [4.78, 5) is 15.6. The molecule has 0 aliphatic carbocycles. The molecule has 19 heavy (non-hydrogen) atoms. The largest absolute Gasteiger partial charge is 0.374 e. The Bertz CT molecular complexity index is 750. The number of nitrogens with one attached hydrogen (secondary N) is 1. The van der Waals surface area contributed by atoms with Crippen molar-refractivity contribution < 1.29 is 4.92 Å². The zero-order valence-electron chi connectivity index (χ0n) is 10.3. The monoisotopic (exact) mass is 277 g/mol. The molecule has 98 valence electrons. The van der Waals surface area contributed by atoms with Gasteiger partial charge < -0.3 is 10.1 Å². The van der Waals surface area contributed by atoms with Gasteiger partial charge in [0.1, 0.15) is 6.20 Å². The SMILES string of the molecule is Cc1ccc(C)n1Nc1nc2sccn2c1[N+](=O)[O-]. The molecule has 3 heterocycles. The summed E-state index contributed by atoms with van der Waals surface area (Å²) in [6, 6.07) is 3.87. The predicted molar refractivity (Wildman–Crippen MR) is 72.7 cm³/mol. The lowest BCUT2D eigenvalue weighted by Gasteiger charge is -2.09. The molecule has 0 aliphatic heterocycles. The van der Waals surface area contributed by atoms with E-state index < -0.39 is 4.92 Å². The molecule has 0 amide bonds. The van der Waals surface area contributed by atoms with Crippen LogP contribution in [0.2, 0.25) is 0 Å². The van der Waals surface area contributed by atoms with Gasteiger partial charge in [0, 0.05) is 16.8 Å². The van der Waals surface area contributed by atoms with Crippen LogP contribution < -0.4 is 5.43 Å². The summed E-state index contributed by atoms with van der Waals surface area (Å²) >= 11 is 1.36. The maximum atomic E-state index is 11.2. The number of aryl methyl sites for hydroxylation is 2. The Hall–Kier alpha value is -2.35. The second-order valence-electron chi connectivity index (χ2n) is 4.16. The van der Waals surface area contributed by atoms with Crippen LogP contribution in [0.25, 0.3) is 4.96 Å². The molecule has 8 heteroatoms. The summed E-state index contributed by atoms with van der Waals surface area (Å²) in [5.74, 6) is 0.197. The molecule has 3 rings (SSSR count). The van der Waals surface area contributed by atoms with E-state index >= 15 is 0 Å². The van der Waals surface area contributed by atoms with Gasteiger partial charge >= 0.3 is 5.82 Å². The summed E-state index contributed by atoms with van der Waals surface area (Å²) in [5, 5.41) is 13.0. The molecule has 0 fully saturated rings. The van der Waals surface area contributed by atoms with Crippen molar-refractivity contribution in [3.05, 3.63) is 45.2 Å². The average Bonchev–Trinajstić information content (AvgIpc) is 2.98. The third kappa shape index (κ3) is 1.76. The van der Waals surface area contributed by atoms with Crippen molar-refractivity contribution in [1.29, 1.82) is 0 Å². The van der Waals surface area contributed by atoms with Crippen molar-refractivity contribution in [2.24, 2.45) is 0 Å². The quantitative estimate of drug-likeness (QED) is 0.589. The van der Waals surface area contributed by atoms with E-state index in [1.54, 1.807) is 16.3 Å². The van der Waals surface area contributed by atoms with Crippen molar-refractivity contribution in [3.63, 3.8) is 0 Å². The van der Waals surface area contributed by atoms with Crippen molar-refractivity contribution >= 4 is 27.9 Å². The van der Waals surface area contributed by atoms with Gasteiger partial charge in [0.25, 0.3) is 4.96 Å². The lowest BCUT2D eigenvalue weighted by atomic mass is 10.5. The molecule has 0 saturated carbocycles. The molecule has 3 aromatic heterocycles. The number of anilines is 1. The molecule has 0 atom stereocenters. The Labute approximate surface area is 112 Å². The molecular formula is C11H11N5O2S. The lowest BCUT2D eigenvalue weighted by Crippen LogP contribution is -2.13. The smallest absolute Gasteiger partial charge is 0.358 e. The van der Waals surface area contributed by atoms with Crippen LogP contribution in [-0.4, -0.2) is 19.0 Å². The molecule has 0 unspecified atom stereocenters. The first-order valence-corrected chi connectivity index (χ1v) is 6.48. The second-order valence-corrected chi connectivity index (χ2v) is 5.03. The van der Waals surface area contributed by atoms with E-state index in [1.807, 2.05) is 26.0 Å². The normalized spacial score (nSPS) is 11.1. The molecule has 0 spiro atoms. The zero-order chi connectivity index (χ0) is 13.6. The molecule has 7 nitrogen and oxygen atoms in total. The zero-order valence-corrected chi connectivity index (χ0v) is 11.1. The Morgan fingerprint density at radius 3 is 2.68 bits per heavy atom.